The van der Waals surface area contributed by atoms with Gasteiger partial charge in [0, 0.05) is 28.7 Å². The van der Waals surface area contributed by atoms with Gasteiger partial charge in [0.15, 0.2) is 0 Å². The largest absolute Gasteiger partial charge is 0.372 e. The molecule has 0 unspecified atom stereocenters. The third-order valence-corrected chi connectivity index (χ3v) is 5.24. The Hall–Kier alpha value is -1.28. The number of nitrogens with zero attached hydrogens (tertiary/aromatic N) is 1. The molecule has 3 rings (SSSR count). The molecular weight excluding hydrogens is 322 g/mol. The van der Waals surface area contributed by atoms with Crippen molar-refractivity contribution in [1.82, 2.24) is 0 Å². The highest BCUT2D eigenvalue weighted by Crippen LogP contribution is 2.50. The lowest BCUT2D eigenvalue weighted by molar-refractivity contribution is 0.659. The molecule has 1 aliphatic rings. The number of rotatable bonds is 3. The van der Waals surface area contributed by atoms with Crippen molar-refractivity contribution in [3.63, 3.8) is 0 Å². The molecule has 0 saturated heterocycles. The lowest BCUT2D eigenvalue weighted by atomic mass is 9.82. The van der Waals surface area contributed by atoms with Gasteiger partial charge < -0.3 is 4.90 Å². The zero-order valence-corrected chi connectivity index (χ0v) is 14.8. The molecule has 21 heavy (non-hydrogen) atoms. The van der Waals surface area contributed by atoms with E-state index in [1.165, 1.54) is 27.9 Å². The molecule has 0 fully saturated rings. The molecule has 0 aromatic heterocycles. The van der Waals surface area contributed by atoms with Crippen molar-refractivity contribution in [3.05, 3.63) is 52.0 Å². The minimum Gasteiger partial charge on any atom is -0.372 e. The van der Waals surface area contributed by atoms with E-state index in [9.17, 15) is 0 Å². The minimum atomic E-state index is 0.0671. The number of benzene rings is 2. The van der Waals surface area contributed by atoms with Crippen LogP contribution in [0.25, 0.3) is 11.1 Å². The molecule has 0 amide bonds. The summed E-state index contributed by atoms with van der Waals surface area (Å²) in [5, 5.41) is 0. The average molecular weight is 344 g/mol. The van der Waals surface area contributed by atoms with Gasteiger partial charge in [-0.3, -0.25) is 0 Å². The highest BCUT2D eigenvalue weighted by atomic mass is 79.9. The Balaban J connectivity index is 2.18. The Kier molecular flexibility index (Phi) is 3.61. The highest BCUT2D eigenvalue weighted by Gasteiger charge is 2.35. The Morgan fingerprint density at radius 2 is 1.48 bits per heavy atom. The molecule has 2 heteroatoms. The maximum atomic E-state index is 3.61. The van der Waals surface area contributed by atoms with E-state index in [0.29, 0.717) is 0 Å². The molecule has 0 aliphatic heterocycles. The summed E-state index contributed by atoms with van der Waals surface area (Å²) in [7, 11) is 0. The van der Waals surface area contributed by atoms with Gasteiger partial charge in [0.1, 0.15) is 0 Å². The zero-order chi connectivity index (χ0) is 15.2. The first-order valence-electron chi connectivity index (χ1n) is 7.69. The van der Waals surface area contributed by atoms with Crippen molar-refractivity contribution in [1.29, 1.82) is 0 Å². The Labute approximate surface area is 136 Å². The summed E-state index contributed by atoms with van der Waals surface area (Å²) >= 11 is 3.61. The van der Waals surface area contributed by atoms with Crippen molar-refractivity contribution in [2.45, 2.75) is 33.1 Å². The van der Waals surface area contributed by atoms with E-state index in [4.69, 9.17) is 0 Å². The molecule has 0 N–H and O–H groups in total. The van der Waals surface area contributed by atoms with E-state index in [0.717, 1.165) is 17.6 Å². The van der Waals surface area contributed by atoms with E-state index in [2.05, 4.69) is 84.9 Å². The fourth-order valence-corrected chi connectivity index (χ4v) is 3.84. The average Bonchev–Trinajstić information content (AvgIpc) is 2.69. The summed E-state index contributed by atoms with van der Waals surface area (Å²) in [6.07, 6.45) is 0. The second-order valence-corrected chi connectivity index (χ2v) is 7.13. The Morgan fingerprint density at radius 3 is 2.10 bits per heavy atom. The SMILES string of the molecule is CCN(CC)c1ccc2c(c1)C(C)(C)c1cc(Br)ccc1-2. The molecule has 0 radical (unpaired) electrons. The molecule has 0 saturated carbocycles. The van der Waals surface area contributed by atoms with Gasteiger partial charge in [-0.15, -0.1) is 0 Å². The van der Waals surface area contributed by atoms with Gasteiger partial charge in [-0.2, -0.15) is 0 Å². The van der Waals surface area contributed by atoms with Crippen LogP contribution in [-0.2, 0) is 5.41 Å². The zero-order valence-electron chi connectivity index (χ0n) is 13.2. The standard InChI is InChI=1S/C19H22BrN/c1-5-21(6-2)14-8-10-16-15-9-7-13(20)11-17(15)19(3,4)18(16)12-14/h7-12H,5-6H2,1-4H3. The predicted octanol–water partition coefficient (Wildman–Crippen LogP) is 5.60. The van der Waals surface area contributed by atoms with Gasteiger partial charge in [0.05, 0.1) is 0 Å². The molecule has 0 atom stereocenters. The molecule has 110 valence electrons. The fourth-order valence-electron chi connectivity index (χ4n) is 3.48. The normalized spacial score (nSPS) is 14.7. The van der Waals surface area contributed by atoms with Gasteiger partial charge in [0.25, 0.3) is 0 Å². The fraction of sp³-hybridized carbons (Fsp3) is 0.368. The maximum Gasteiger partial charge on any atom is 0.0369 e. The van der Waals surface area contributed by atoms with E-state index in [1.54, 1.807) is 0 Å². The molecule has 2 aromatic carbocycles. The smallest absolute Gasteiger partial charge is 0.0369 e. The molecular formula is C19H22BrN. The second-order valence-electron chi connectivity index (χ2n) is 6.22. The van der Waals surface area contributed by atoms with Crippen molar-refractivity contribution in [2.75, 3.05) is 18.0 Å². The lowest BCUT2D eigenvalue weighted by Gasteiger charge is -2.25. The van der Waals surface area contributed by atoms with Crippen LogP contribution >= 0.6 is 15.9 Å². The first-order valence-corrected chi connectivity index (χ1v) is 8.48. The van der Waals surface area contributed by atoms with E-state index >= 15 is 0 Å². The summed E-state index contributed by atoms with van der Waals surface area (Å²) in [5.74, 6) is 0. The van der Waals surface area contributed by atoms with Crippen molar-refractivity contribution in [3.8, 4) is 11.1 Å². The molecule has 2 aromatic rings. The summed E-state index contributed by atoms with van der Waals surface area (Å²) < 4.78 is 1.16. The van der Waals surface area contributed by atoms with Gasteiger partial charge in [-0.1, -0.05) is 41.9 Å². The van der Waals surface area contributed by atoms with Crippen LogP contribution in [0.15, 0.2) is 40.9 Å². The molecule has 1 aliphatic carbocycles. The highest BCUT2D eigenvalue weighted by molar-refractivity contribution is 9.10. The van der Waals surface area contributed by atoms with Crippen LogP contribution in [0, 0.1) is 0 Å². The summed E-state index contributed by atoms with van der Waals surface area (Å²) in [5.41, 5.74) is 7.03. The van der Waals surface area contributed by atoms with E-state index < -0.39 is 0 Å². The van der Waals surface area contributed by atoms with Gasteiger partial charge in [0.2, 0.25) is 0 Å². The first kappa shape index (κ1) is 14.6. The number of hydrogen-bond donors (Lipinski definition) is 0. The van der Waals surface area contributed by atoms with Crippen molar-refractivity contribution < 1.29 is 0 Å². The van der Waals surface area contributed by atoms with Crippen LogP contribution in [0.3, 0.4) is 0 Å². The second kappa shape index (κ2) is 5.17. The van der Waals surface area contributed by atoms with Gasteiger partial charge >= 0.3 is 0 Å². The summed E-state index contributed by atoms with van der Waals surface area (Å²) in [6, 6.07) is 13.6. The topological polar surface area (TPSA) is 3.24 Å². The van der Waals surface area contributed by atoms with E-state index in [1.807, 2.05) is 0 Å². The first-order chi connectivity index (χ1) is 9.98. The van der Waals surface area contributed by atoms with E-state index in [-0.39, 0.29) is 5.41 Å². The third kappa shape index (κ3) is 2.20. The molecule has 0 bridgehead atoms. The predicted molar refractivity (Wildman–Crippen MR) is 95.3 cm³/mol. The molecule has 1 nitrogen and oxygen atoms in total. The monoisotopic (exact) mass is 343 g/mol. The van der Waals surface area contributed by atoms with Crippen LogP contribution in [-0.4, -0.2) is 13.1 Å². The van der Waals surface area contributed by atoms with Gasteiger partial charge in [-0.25, -0.2) is 0 Å². The van der Waals surface area contributed by atoms with Gasteiger partial charge in [-0.05, 0) is 60.4 Å². The number of halogens is 1. The van der Waals surface area contributed by atoms with Crippen molar-refractivity contribution in [2.24, 2.45) is 0 Å². The van der Waals surface area contributed by atoms with Crippen LogP contribution in [0.1, 0.15) is 38.8 Å². The Morgan fingerprint density at radius 1 is 0.905 bits per heavy atom. The summed E-state index contributed by atoms with van der Waals surface area (Å²) in [4.78, 5) is 2.41. The van der Waals surface area contributed by atoms with Crippen molar-refractivity contribution >= 4 is 21.6 Å². The van der Waals surface area contributed by atoms with Crippen LogP contribution in [0.2, 0.25) is 0 Å². The maximum absolute atomic E-state index is 3.61. The number of fused-ring (bicyclic) bond motifs is 3. The Bertz CT molecular complexity index is 684. The van der Waals surface area contributed by atoms with Crippen LogP contribution < -0.4 is 4.90 Å². The lowest BCUT2D eigenvalue weighted by Crippen LogP contribution is -2.22. The summed E-state index contributed by atoms with van der Waals surface area (Å²) in [6.45, 7) is 11.2. The molecule has 0 heterocycles. The van der Waals surface area contributed by atoms with Crippen LogP contribution in [0.5, 0.6) is 0 Å². The quantitative estimate of drug-likeness (QED) is 0.700. The number of anilines is 1. The van der Waals surface area contributed by atoms with Crippen LogP contribution in [0.4, 0.5) is 5.69 Å². The third-order valence-electron chi connectivity index (χ3n) is 4.75. The number of hydrogen-bond acceptors (Lipinski definition) is 1. The molecule has 0 spiro atoms. The minimum absolute atomic E-state index is 0.0671.